The summed E-state index contributed by atoms with van der Waals surface area (Å²) in [5.74, 6) is 1.29. The standard InChI is InChI=1S/C25H29N5O3/c1-29-7-9-30(10-8-29)23-13-17(20-14-26-27-15-20)3-5-22(23)28-25(31)19-11-18-12-21(32-2)4-6-24(18)33-16-19/h3-6,12-15,19H,7-11,16H2,1-2H3,(H,26,27)(H,28,31). The Hall–Kier alpha value is -3.52. The van der Waals surface area contributed by atoms with Gasteiger partial charge in [0, 0.05) is 37.9 Å². The van der Waals surface area contributed by atoms with Crippen molar-refractivity contribution in [3.05, 3.63) is 54.4 Å². The number of aromatic nitrogens is 2. The van der Waals surface area contributed by atoms with Crippen LogP contribution in [0.3, 0.4) is 0 Å². The molecule has 1 atom stereocenters. The highest BCUT2D eigenvalue weighted by molar-refractivity contribution is 5.97. The molecule has 1 aromatic heterocycles. The van der Waals surface area contributed by atoms with Gasteiger partial charge in [-0.3, -0.25) is 9.89 Å². The number of nitrogens with one attached hydrogen (secondary N) is 2. The summed E-state index contributed by atoms with van der Waals surface area (Å²) in [4.78, 5) is 17.9. The van der Waals surface area contributed by atoms with E-state index in [1.807, 2.05) is 42.7 Å². The molecule has 3 heterocycles. The van der Waals surface area contributed by atoms with Crippen LogP contribution < -0.4 is 19.7 Å². The maximum atomic E-state index is 13.3. The van der Waals surface area contributed by atoms with Crippen LogP contribution >= 0.6 is 0 Å². The van der Waals surface area contributed by atoms with Gasteiger partial charge >= 0.3 is 0 Å². The first-order valence-electron chi connectivity index (χ1n) is 11.3. The number of rotatable bonds is 5. The molecule has 2 N–H and O–H groups in total. The number of carbonyl (C=O) groups is 1. The fraction of sp³-hybridized carbons (Fsp3) is 0.360. The zero-order valence-corrected chi connectivity index (χ0v) is 19.0. The highest BCUT2D eigenvalue weighted by Gasteiger charge is 2.28. The Balaban J connectivity index is 1.38. The average Bonchev–Trinajstić information content (AvgIpc) is 3.39. The van der Waals surface area contributed by atoms with Crippen molar-refractivity contribution in [2.45, 2.75) is 6.42 Å². The number of hydrogen-bond acceptors (Lipinski definition) is 6. The number of carbonyl (C=O) groups excluding carboxylic acids is 1. The molecule has 3 aromatic rings. The van der Waals surface area contributed by atoms with Crippen LogP contribution in [0.5, 0.6) is 11.5 Å². The van der Waals surface area contributed by atoms with Gasteiger partial charge in [-0.25, -0.2) is 0 Å². The first kappa shape index (κ1) is 21.3. The van der Waals surface area contributed by atoms with E-state index in [4.69, 9.17) is 9.47 Å². The van der Waals surface area contributed by atoms with Crippen molar-refractivity contribution in [1.82, 2.24) is 15.1 Å². The van der Waals surface area contributed by atoms with E-state index in [0.717, 1.165) is 65.7 Å². The van der Waals surface area contributed by atoms with E-state index < -0.39 is 0 Å². The molecule has 33 heavy (non-hydrogen) atoms. The van der Waals surface area contributed by atoms with Gasteiger partial charge in [0.15, 0.2) is 0 Å². The molecule has 0 aliphatic carbocycles. The van der Waals surface area contributed by atoms with Gasteiger partial charge in [0.05, 0.1) is 30.6 Å². The number of fused-ring (bicyclic) bond motifs is 1. The van der Waals surface area contributed by atoms with Gasteiger partial charge in [0.2, 0.25) is 5.91 Å². The van der Waals surface area contributed by atoms with Crippen molar-refractivity contribution in [3.63, 3.8) is 0 Å². The molecule has 8 heteroatoms. The van der Waals surface area contributed by atoms with Gasteiger partial charge in [0.25, 0.3) is 0 Å². The van der Waals surface area contributed by atoms with Gasteiger partial charge in [-0.05, 0) is 54.9 Å². The van der Waals surface area contributed by atoms with Crippen LogP contribution in [-0.4, -0.2) is 67.9 Å². The molecule has 1 unspecified atom stereocenters. The number of anilines is 2. The molecule has 1 amide bonds. The number of likely N-dealkylation sites (N-methyl/N-ethyl adjacent to an activating group) is 1. The summed E-state index contributed by atoms with van der Waals surface area (Å²) >= 11 is 0. The number of nitrogens with zero attached hydrogens (tertiary/aromatic N) is 3. The lowest BCUT2D eigenvalue weighted by Crippen LogP contribution is -2.45. The molecular weight excluding hydrogens is 418 g/mol. The molecule has 1 saturated heterocycles. The van der Waals surface area contributed by atoms with Crippen molar-refractivity contribution in [3.8, 4) is 22.6 Å². The Labute approximate surface area is 193 Å². The van der Waals surface area contributed by atoms with Gasteiger partial charge in [-0.15, -0.1) is 0 Å². The summed E-state index contributed by atoms with van der Waals surface area (Å²) in [5, 5.41) is 10.1. The van der Waals surface area contributed by atoms with Crippen molar-refractivity contribution in [2.75, 3.05) is 57.2 Å². The average molecular weight is 448 g/mol. The van der Waals surface area contributed by atoms with Crippen LogP contribution in [0.15, 0.2) is 48.8 Å². The Kier molecular flexibility index (Phi) is 5.92. The molecular formula is C25H29N5O3. The second-order valence-corrected chi connectivity index (χ2v) is 8.68. The zero-order valence-electron chi connectivity index (χ0n) is 19.0. The predicted molar refractivity (Wildman–Crippen MR) is 128 cm³/mol. The van der Waals surface area contributed by atoms with Crippen LogP contribution in [0.2, 0.25) is 0 Å². The quantitative estimate of drug-likeness (QED) is 0.626. The SMILES string of the molecule is COc1ccc2c(c1)CC(C(=O)Nc1ccc(-c3cn[nH]c3)cc1N1CCN(C)CC1)CO2. The molecule has 2 aromatic carbocycles. The Morgan fingerprint density at radius 3 is 2.76 bits per heavy atom. The maximum absolute atomic E-state index is 13.3. The predicted octanol–water partition coefficient (Wildman–Crippen LogP) is 3.03. The Bertz CT molecular complexity index is 1120. The first-order valence-corrected chi connectivity index (χ1v) is 11.3. The summed E-state index contributed by atoms with van der Waals surface area (Å²) in [6.45, 7) is 4.15. The monoisotopic (exact) mass is 447 g/mol. The highest BCUT2D eigenvalue weighted by atomic mass is 16.5. The lowest BCUT2D eigenvalue weighted by Gasteiger charge is -2.35. The molecule has 5 rings (SSSR count). The van der Waals surface area contributed by atoms with Crippen molar-refractivity contribution in [1.29, 1.82) is 0 Å². The number of amides is 1. The number of hydrogen-bond donors (Lipinski definition) is 2. The number of H-pyrrole nitrogens is 1. The normalized spacial score (nSPS) is 18.4. The number of methoxy groups -OCH3 is 1. The van der Waals surface area contributed by atoms with E-state index in [1.54, 1.807) is 7.11 Å². The van der Waals surface area contributed by atoms with Gasteiger partial charge in [0.1, 0.15) is 18.1 Å². The van der Waals surface area contributed by atoms with Gasteiger partial charge in [-0.1, -0.05) is 6.07 Å². The first-order chi connectivity index (χ1) is 16.1. The van der Waals surface area contributed by atoms with Crippen LogP contribution in [0, 0.1) is 5.92 Å². The fourth-order valence-electron chi connectivity index (χ4n) is 4.44. The molecule has 8 nitrogen and oxygen atoms in total. The lowest BCUT2D eigenvalue weighted by atomic mass is 9.95. The van der Waals surface area contributed by atoms with E-state index in [0.29, 0.717) is 13.0 Å². The molecule has 0 spiro atoms. The van der Waals surface area contributed by atoms with E-state index in [1.165, 1.54) is 0 Å². The molecule has 172 valence electrons. The zero-order chi connectivity index (χ0) is 22.8. The summed E-state index contributed by atoms with van der Waals surface area (Å²) in [5.41, 5.74) is 4.95. The number of piperazine rings is 1. The second kappa shape index (κ2) is 9.15. The van der Waals surface area contributed by atoms with E-state index in [9.17, 15) is 4.79 Å². The van der Waals surface area contributed by atoms with Crippen molar-refractivity contribution >= 4 is 17.3 Å². The molecule has 2 aliphatic rings. The van der Waals surface area contributed by atoms with Crippen LogP contribution in [0.1, 0.15) is 5.56 Å². The molecule has 2 aliphatic heterocycles. The Morgan fingerprint density at radius 2 is 2.00 bits per heavy atom. The van der Waals surface area contributed by atoms with Gasteiger partial charge < -0.3 is 24.6 Å². The number of benzene rings is 2. The summed E-state index contributed by atoms with van der Waals surface area (Å²) in [6.07, 6.45) is 4.31. The maximum Gasteiger partial charge on any atom is 0.231 e. The largest absolute Gasteiger partial charge is 0.497 e. The summed E-state index contributed by atoms with van der Waals surface area (Å²) in [7, 11) is 3.78. The van der Waals surface area contributed by atoms with Gasteiger partial charge in [-0.2, -0.15) is 5.10 Å². The topological polar surface area (TPSA) is 82.7 Å². The highest BCUT2D eigenvalue weighted by Crippen LogP contribution is 2.34. The Morgan fingerprint density at radius 1 is 1.15 bits per heavy atom. The van der Waals surface area contributed by atoms with E-state index in [2.05, 4.69) is 38.4 Å². The fourth-order valence-corrected chi connectivity index (χ4v) is 4.44. The van der Waals surface area contributed by atoms with Crippen molar-refractivity contribution < 1.29 is 14.3 Å². The van der Waals surface area contributed by atoms with Crippen LogP contribution in [-0.2, 0) is 11.2 Å². The molecule has 0 saturated carbocycles. The lowest BCUT2D eigenvalue weighted by molar-refractivity contribution is -0.121. The summed E-state index contributed by atoms with van der Waals surface area (Å²) in [6, 6.07) is 11.9. The number of aromatic amines is 1. The van der Waals surface area contributed by atoms with E-state index >= 15 is 0 Å². The molecule has 0 radical (unpaired) electrons. The third-order valence-corrected chi connectivity index (χ3v) is 6.48. The minimum absolute atomic E-state index is 0.0325. The number of ether oxygens (including phenoxy) is 2. The molecule has 1 fully saturated rings. The third kappa shape index (κ3) is 4.52. The van der Waals surface area contributed by atoms with Crippen molar-refractivity contribution in [2.24, 2.45) is 5.92 Å². The van der Waals surface area contributed by atoms with Crippen LogP contribution in [0.25, 0.3) is 11.1 Å². The van der Waals surface area contributed by atoms with Crippen LogP contribution in [0.4, 0.5) is 11.4 Å². The molecule has 0 bridgehead atoms. The second-order valence-electron chi connectivity index (χ2n) is 8.68. The minimum Gasteiger partial charge on any atom is -0.497 e. The third-order valence-electron chi connectivity index (χ3n) is 6.48. The summed E-state index contributed by atoms with van der Waals surface area (Å²) < 4.78 is 11.2. The smallest absolute Gasteiger partial charge is 0.231 e. The minimum atomic E-state index is -0.265. The van der Waals surface area contributed by atoms with E-state index in [-0.39, 0.29) is 11.8 Å².